The summed E-state index contributed by atoms with van der Waals surface area (Å²) in [4.78, 5) is 20.1. The highest BCUT2D eigenvalue weighted by atomic mass is 16.7. The largest absolute Gasteiger partial charge is 0.464 e. The summed E-state index contributed by atoms with van der Waals surface area (Å²) in [5.41, 5.74) is 1.12. The van der Waals surface area contributed by atoms with E-state index in [1.54, 1.807) is 12.2 Å². The van der Waals surface area contributed by atoms with Crippen molar-refractivity contribution in [3.8, 4) is 0 Å². The highest BCUT2D eigenvalue weighted by molar-refractivity contribution is 5.78. The first-order chi connectivity index (χ1) is 11.7. The van der Waals surface area contributed by atoms with Gasteiger partial charge in [-0.05, 0) is 37.5 Å². The molecule has 5 nitrogen and oxygen atoms in total. The molecule has 1 aromatic carbocycles. The van der Waals surface area contributed by atoms with Crippen LogP contribution in [0.15, 0.2) is 46.9 Å². The molecule has 128 valence electrons. The fourth-order valence-electron chi connectivity index (χ4n) is 2.76. The van der Waals surface area contributed by atoms with Gasteiger partial charge in [0, 0.05) is 12.6 Å². The van der Waals surface area contributed by atoms with Crippen molar-refractivity contribution in [2.24, 2.45) is 0 Å². The molecule has 5 heteroatoms. The van der Waals surface area contributed by atoms with E-state index in [1.165, 1.54) is 0 Å². The number of benzene rings is 1. The molecule has 2 aromatic rings. The zero-order valence-electron chi connectivity index (χ0n) is 14.3. The van der Waals surface area contributed by atoms with E-state index in [0.29, 0.717) is 19.1 Å². The summed E-state index contributed by atoms with van der Waals surface area (Å²) in [7, 11) is 1.60. The van der Waals surface area contributed by atoms with Crippen LogP contribution in [0.5, 0.6) is 0 Å². The van der Waals surface area contributed by atoms with E-state index in [1.807, 2.05) is 54.3 Å². The van der Waals surface area contributed by atoms with Gasteiger partial charge in [0.2, 0.25) is 5.91 Å². The number of carbonyl (C=O) groups excluding carboxylic acids is 1. The molecule has 1 fully saturated rings. The minimum absolute atomic E-state index is 0.0735. The highest BCUT2D eigenvalue weighted by Gasteiger charge is 2.33. The van der Waals surface area contributed by atoms with Gasteiger partial charge in [-0.1, -0.05) is 30.3 Å². The lowest BCUT2D eigenvalue weighted by atomic mass is 10.2. The molecule has 0 bridgehead atoms. The summed E-state index contributed by atoms with van der Waals surface area (Å²) in [6, 6.07) is 14.2. The standard InChI is InChI=1S/C19H24N2O3/c1-15-8-11-18(24-15)13-21(17-9-10-17)19(22)14-20(23-2)12-16-6-4-3-5-7-16/h3-8,11,17H,9-10,12-14H2,1-2H3. The molecule has 1 aliphatic carbocycles. The fraction of sp³-hybridized carbons (Fsp3) is 0.421. The molecule has 1 saturated carbocycles. The fourth-order valence-corrected chi connectivity index (χ4v) is 2.76. The van der Waals surface area contributed by atoms with Gasteiger partial charge in [0.05, 0.1) is 13.7 Å². The predicted molar refractivity (Wildman–Crippen MR) is 90.9 cm³/mol. The summed E-state index contributed by atoms with van der Waals surface area (Å²) in [5, 5.41) is 1.69. The average molecular weight is 328 g/mol. The Hall–Kier alpha value is -2.11. The molecule has 1 aromatic heterocycles. The summed E-state index contributed by atoms with van der Waals surface area (Å²) in [6.45, 7) is 3.27. The molecule has 0 spiro atoms. The zero-order valence-corrected chi connectivity index (χ0v) is 14.3. The minimum Gasteiger partial charge on any atom is -0.464 e. The van der Waals surface area contributed by atoms with Crippen molar-refractivity contribution in [2.75, 3.05) is 13.7 Å². The van der Waals surface area contributed by atoms with E-state index in [2.05, 4.69) is 0 Å². The molecule has 3 rings (SSSR count). The van der Waals surface area contributed by atoms with E-state index in [0.717, 1.165) is 29.9 Å². The van der Waals surface area contributed by atoms with Gasteiger partial charge >= 0.3 is 0 Å². The molecule has 24 heavy (non-hydrogen) atoms. The number of carbonyl (C=O) groups is 1. The Morgan fingerprint density at radius 3 is 2.50 bits per heavy atom. The lowest BCUT2D eigenvalue weighted by molar-refractivity contribution is -0.163. The first kappa shape index (κ1) is 16.7. The number of amides is 1. The summed E-state index contributed by atoms with van der Waals surface area (Å²) >= 11 is 0. The van der Waals surface area contributed by atoms with Gasteiger partial charge in [-0.2, -0.15) is 5.06 Å². The van der Waals surface area contributed by atoms with Crippen LogP contribution in [-0.4, -0.2) is 35.6 Å². The van der Waals surface area contributed by atoms with Crippen LogP contribution in [0.4, 0.5) is 0 Å². The van der Waals surface area contributed by atoms with Crippen molar-refractivity contribution >= 4 is 5.91 Å². The summed E-state index contributed by atoms with van der Waals surface area (Å²) in [5.74, 6) is 1.78. The van der Waals surface area contributed by atoms with Crippen LogP contribution in [-0.2, 0) is 22.7 Å². The van der Waals surface area contributed by atoms with Gasteiger partial charge in [-0.3, -0.25) is 4.79 Å². The Morgan fingerprint density at radius 2 is 1.92 bits per heavy atom. The monoisotopic (exact) mass is 328 g/mol. The molecule has 1 aliphatic rings. The van der Waals surface area contributed by atoms with E-state index >= 15 is 0 Å². The second kappa shape index (κ2) is 7.64. The molecule has 0 N–H and O–H groups in total. The Bertz CT molecular complexity index is 664. The van der Waals surface area contributed by atoms with Crippen LogP contribution in [0.2, 0.25) is 0 Å². The smallest absolute Gasteiger partial charge is 0.239 e. The molecule has 1 heterocycles. The topological polar surface area (TPSA) is 45.9 Å². The number of rotatable bonds is 8. The van der Waals surface area contributed by atoms with Gasteiger partial charge < -0.3 is 14.2 Å². The summed E-state index contributed by atoms with van der Waals surface area (Å²) in [6.07, 6.45) is 2.13. The number of nitrogens with zero attached hydrogens (tertiary/aromatic N) is 2. The second-order valence-electron chi connectivity index (χ2n) is 6.23. The molecule has 0 atom stereocenters. The van der Waals surface area contributed by atoms with Crippen LogP contribution in [0.1, 0.15) is 29.9 Å². The number of hydrogen-bond donors (Lipinski definition) is 0. The lowest BCUT2D eigenvalue weighted by Crippen LogP contribution is -2.40. The van der Waals surface area contributed by atoms with Crippen LogP contribution in [0, 0.1) is 6.92 Å². The minimum atomic E-state index is 0.0735. The Labute approximate surface area is 142 Å². The number of hydroxylamine groups is 2. The lowest BCUT2D eigenvalue weighted by Gasteiger charge is -2.25. The first-order valence-corrected chi connectivity index (χ1v) is 8.33. The number of aryl methyl sites for hydroxylation is 1. The summed E-state index contributed by atoms with van der Waals surface area (Å²) < 4.78 is 5.63. The van der Waals surface area contributed by atoms with E-state index < -0.39 is 0 Å². The van der Waals surface area contributed by atoms with Crippen molar-refractivity contribution in [1.82, 2.24) is 9.96 Å². The molecule has 0 aliphatic heterocycles. The van der Waals surface area contributed by atoms with E-state index in [4.69, 9.17) is 9.25 Å². The zero-order chi connectivity index (χ0) is 16.9. The molecular weight excluding hydrogens is 304 g/mol. The van der Waals surface area contributed by atoms with Gasteiger partial charge in [-0.15, -0.1) is 0 Å². The molecule has 1 amide bonds. The highest BCUT2D eigenvalue weighted by Crippen LogP contribution is 2.29. The van der Waals surface area contributed by atoms with E-state index in [-0.39, 0.29) is 12.5 Å². The molecule has 0 unspecified atom stereocenters. The van der Waals surface area contributed by atoms with Gasteiger partial charge in [0.15, 0.2) is 0 Å². The third-order valence-electron chi connectivity index (χ3n) is 4.20. The van der Waals surface area contributed by atoms with Crippen LogP contribution >= 0.6 is 0 Å². The maximum absolute atomic E-state index is 12.8. The third kappa shape index (κ3) is 4.46. The van der Waals surface area contributed by atoms with Crippen LogP contribution in [0.25, 0.3) is 0 Å². The molecule has 0 radical (unpaired) electrons. The predicted octanol–water partition coefficient (Wildman–Crippen LogP) is 3.14. The maximum Gasteiger partial charge on any atom is 0.239 e. The Kier molecular flexibility index (Phi) is 5.33. The van der Waals surface area contributed by atoms with Crippen molar-refractivity contribution in [3.63, 3.8) is 0 Å². The van der Waals surface area contributed by atoms with Crippen molar-refractivity contribution in [1.29, 1.82) is 0 Å². The molecular formula is C19H24N2O3. The van der Waals surface area contributed by atoms with Gasteiger partial charge in [0.1, 0.15) is 18.1 Å². The SMILES string of the molecule is CON(CC(=O)N(Cc1ccc(C)o1)C1CC1)Cc1ccccc1. The van der Waals surface area contributed by atoms with Gasteiger partial charge in [0.25, 0.3) is 0 Å². The molecule has 0 saturated heterocycles. The van der Waals surface area contributed by atoms with Crippen molar-refractivity contribution in [3.05, 3.63) is 59.5 Å². The Balaban J connectivity index is 1.61. The van der Waals surface area contributed by atoms with Gasteiger partial charge in [-0.25, -0.2) is 0 Å². The third-order valence-corrected chi connectivity index (χ3v) is 4.20. The van der Waals surface area contributed by atoms with Crippen LogP contribution < -0.4 is 0 Å². The second-order valence-corrected chi connectivity index (χ2v) is 6.23. The quantitative estimate of drug-likeness (QED) is 0.699. The normalized spacial score (nSPS) is 14.1. The maximum atomic E-state index is 12.8. The van der Waals surface area contributed by atoms with Crippen molar-refractivity contribution in [2.45, 2.75) is 38.9 Å². The Morgan fingerprint density at radius 1 is 1.17 bits per heavy atom. The van der Waals surface area contributed by atoms with E-state index in [9.17, 15) is 4.79 Å². The first-order valence-electron chi connectivity index (χ1n) is 8.33. The number of furan rings is 1. The van der Waals surface area contributed by atoms with Crippen molar-refractivity contribution < 1.29 is 14.0 Å². The average Bonchev–Trinajstić information content (AvgIpc) is 3.35. The number of hydrogen-bond acceptors (Lipinski definition) is 4. The van der Waals surface area contributed by atoms with Crippen LogP contribution in [0.3, 0.4) is 0 Å².